The van der Waals surface area contributed by atoms with E-state index in [1.54, 1.807) is 72.7 Å². The monoisotopic (exact) mass is 727 g/mol. The van der Waals surface area contributed by atoms with Crippen molar-refractivity contribution < 1.29 is 37.7 Å². The van der Waals surface area contributed by atoms with Gasteiger partial charge in [-0.15, -0.1) is 12.4 Å². The Balaban J connectivity index is 0.00000562. The highest BCUT2D eigenvalue weighted by atomic mass is 35.5. The van der Waals surface area contributed by atoms with Gasteiger partial charge in [0.15, 0.2) is 11.5 Å². The van der Waals surface area contributed by atoms with Gasteiger partial charge in [0.05, 0.1) is 46.6 Å². The number of nitrogens with two attached hydrogens (primary N) is 1. The summed E-state index contributed by atoms with van der Waals surface area (Å²) >= 11 is 6.58. The Hall–Kier alpha value is -4.55. The van der Waals surface area contributed by atoms with E-state index in [2.05, 4.69) is 5.32 Å². The van der Waals surface area contributed by atoms with Crippen LogP contribution >= 0.6 is 24.0 Å². The summed E-state index contributed by atoms with van der Waals surface area (Å²) in [6, 6.07) is 22.0. The highest BCUT2D eigenvalue weighted by Crippen LogP contribution is 2.46. The zero-order chi connectivity index (χ0) is 34.9. The molecular formula is C37H40Cl2FN3O7. The quantitative estimate of drug-likeness (QED) is 0.144. The summed E-state index contributed by atoms with van der Waals surface area (Å²) in [6.45, 7) is 0.833. The van der Waals surface area contributed by atoms with E-state index in [9.17, 15) is 14.0 Å². The number of rotatable bonds is 14. The number of carbonyl (C=O) groups excluding carboxylic acids is 2. The molecule has 1 aliphatic heterocycles. The fraction of sp³-hybridized carbons (Fsp3) is 0.297. The molecule has 1 aliphatic rings. The summed E-state index contributed by atoms with van der Waals surface area (Å²) in [5.74, 6) is 0.538. The first-order valence-corrected chi connectivity index (χ1v) is 16.1. The minimum absolute atomic E-state index is 0. The third kappa shape index (κ3) is 8.78. The largest absolute Gasteiger partial charge is 0.497 e. The number of anilines is 1. The molecule has 50 heavy (non-hydrogen) atoms. The minimum atomic E-state index is -1.27. The summed E-state index contributed by atoms with van der Waals surface area (Å²) in [7, 11) is 4.61. The molecule has 0 saturated carbocycles. The van der Waals surface area contributed by atoms with Gasteiger partial charge in [-0.1, -0.05) is 41.9 Å². The van der Waals surface area contributed by atoms with Gasteiger partial charge in [0, 0.05) is 39.9 Å². The maximum atomic E-state index is 14.6. The predicted octanol–water partition coefficient (Wildman–Crippen LogP) is 6.38. The van der Waals surface area contributed by atoms with E-state index < -0.39 is 29.8 Å². The maximum Gasteiger partial charge on any atom is 0.257 e. The number of methoxy groups -OCH3 is 3. The molecule has 0 aromatic heterocycles. The highest BCUT2D eigenvalue weighted by molar-refractivity contribution is 6.30. The number of para-hydroxylation sites is 1. The summed E-state index contributed by atoms with van der Waals surface area (Å²) in [6.07, 6.45) is -1.91. The molecule has 13 heteroatoms. The minimum Gasteiger partial charge on any atom is -0.497 e. The summed E-state index contributed by atoms with van der Waals surface area (Å²) < 4.78 is 43.8. The maximum absolute atomic E-state index is 14.6. The first-order valence-electron chi connectivity index (χ1n) is 15.7. The van der Waals surface area contributed by atoms with Crippen LogP contribution in [0.1, 0.15) is 41.2 Å². The molecule has 0 radical (unpaired) electrons. The normalized spacial score (nSPS) is 15.3. The molecular weight excluding hydrogens is 688 g/mol. The molecule has 3 N–H and O–H groups in total. The van der Waals surface area contributed by atoms with Gasteiger partial charge in [-0.3, -0.25) is 9.59 Å². The second-order valence-electron chi connectivity index (χ2n) is 11.3. The molecule has 0 fully saturated rings. The predicted molar refractivity (Wildman–Crippen MR) is 191 cm³/mol. The van der Waals surface area contributed by atoms with E-state index in [4.69, 9.17) is 41.0 Å². The van der Waals surface area contributed by atoms with Crippen LogP contribution in [-0.2, 0) is 27.4 Å². The highest BCUT2D eigenvalue weighted by Gasteiger charge is 2.39. The topological polar surface area (TPSA) is 122 Å². The average molecular weight is 729 g/mol. The van der Waals surface area contributed by atoms with E-state index in [1.807, 2.05) is 12.1 Å². The van der Waals surface area contributed by atoms with Crippen LogP contribution in [0.5, 0.6) is 23.0 Å². The molecule has 0 aliphatic carbocycles. The van der Waals surface area contributed by atoms with Gasteiger partial charge in [0.25, 0.3) is 5.91 Å². The van der Waals surface area contributed by atoms with Crippen molar-refractivity contribution in [2.75, 3.05) is 39.4 Å². The van der Waals surface area contributed by atoms with E-state index in [0.29, 0.717) is 75.5 Å². The molecule has 5 rings (SSSR count). The molecule has 0 saturated heterocycles. The lowest BCUT2D eigenvalue weighted by atomic mass is 9.97. The number of nitrogens with zero attached hydrogens (tertiary/aromatic N) is 1. The average Bonchev–Trinajstić information content (AvgIpc) is 3.21. The molecule has 2 amide bonds. The molecule has 10 nitrogen and oxygen atoms in total. The van der Waals surface area contributed by atoms with Crippen molar-refractivity contribution in [2.45, 2.75) is 38.1 Å². The summed E-state index contributed by atoms with van der Waals surface area (Å²) in [4.78, 5) is 29.5. The van der Waals surface area contributed by atoms with Gasteiger partial charge in [0.1, 0.15) is 29.5 Å². The molecule has 4 aromatic carbocycles. The molecule has 2 atom stereocenters. The third-order valence-corrected chi connectivity index (χ3v) is 8.37. The first-order chi connectivity index (χ1) is 23.8. The number of benzene rings is 4. The van der Waals surface area contributed by atoms with E-state index in [1.165, 1.54) is 20.3 Å². The Bertz CT molecular complexity index is 1790. The molecule has 266 valence electrons. The Morgan fingerprint density at radius 1 is 0.940 bits per heavy atom. The summed E-state index contributed by atoms with van der Waals surface area (Å²) in [5, 5.41) is 3.14. The number of fused-ring (bicyclic) bond motifs is 1. The number of hydrogen-bond acceptors (Lipinski definition) is 8. The van der Waals surface area contributed by atoms with Gasteiger partial charge in [-0.05, 0) is 55.4 Å². The zero-order valence-electron chi connectivity index (χ0n) is 27.9. The number of amides is 2. The molecule has 0 bridgehead atoms. The van der Waals surface area contributed by atoms with Crippen LogP contribution in [0.15, 0.2) is 78.9 Å². The SMILES string of the molecule is COc1ccc(CN2C(=O)C(CC(=O)NCc3ccccc3F)OC(c3cccc(OCCCN)c3OC)c3cc(Cl)ccc32)c(OC)c1.Cl. The smallest absolute Gasteiger partial charge is 0.257 e. The van der Waals surface area contributed by atoms with Crippen LogP contribution < -0.4 is 34.9 Å². The Kier molecular flexibility index (Phi) is 13.7. The fourth-order valence-corrected chi connectivity index (χ4v) is 5.86. The van der Waals surface area contributed by atoms with Gasteiger partial charge in [-0.2, -0.15) is 0 Å². The van der Waals surface area contributed by atoms with Crippen molar-refractivity contribution in [3.05, 3.63) is 112 Å². The first kappa shape index (κ1) is 38.3. The van der Waals surface area contributed by atoms with Crippen LogP contribution in [0.2, 0.25) is 5.02 Å². The van der Waals surface area contributed by atoms with E-state index >= 15 is 0 Å². The van der Waals surface area contributed by atoms with Crippen molar-refractivity contribution in [1.29, 1.82) is 0 Å². The van der Waals surface area contributed by atoms with Gasteiger partial charge < -0.3 is 39.6 Å². The van der Waals surface area contributed by atoms with Gasteiger partial charge >= 0.3 is 0 Å². The second-order valence-corrected chi connectivity index (χ2v) is 11.7. The number of hydrogen-bond donors (Lipinski definition) is 2. The Labute approximate surface area is 302 Å². The molecule has 4 aromatic rings. The van der Waals surface area contributed by atoms with Crippen LogP contribution in [0.4, 0.5) is 10.1 Å². The standard InChI is InChI=1S/C37H39ClFN3O7.ClH/c1-45-26-14-12-24(32(19-26)46-2)22-42-30-15-13-25(38)18-28(30)35(27-9-6-11-31(36(27)47-3)48-17-7-16-40)49-33(37(42)44)20-34(43)41-21-23-8-4-5-10-29(23)39;/h4-6,8-15,18-19,33,35H,7,16-17,20-22,40H2,1-3H3,(H,41,43);1H. The van der Waals surface area contributed by atoms with Crippen LogP contribution in [0.3, 0.4) is 0 Å². The lowest BCUT2D eigenvalue weighted by Gasteiger charge is -2.26. The Morgan fingerprint density at radius 3 is 2.46 bits per heavy atom. The van der Waals surface area contributed by atoms with Crippen LogP contribution in [-0.4, -0.2) is 52.4 Å². The summed E-state index contributed by atoms with van der Waals surface area (Å²) in [5.41, 5.74) is 8.33. The molecule has 2 unspecified atom stereocenters. The van der Waals surface area contributed by atoms with Crippen LogP contribution in [0.25, 0.3) is 0 Å². The molecule has 1 heterocycles. The van der Waals surface area contributed by atoms with Crippen molar-refractivity contribution in [2.24, 2.45) is 5.73 Å². The second kappa shape index (κ2) is 17.9. The third-order valence-electron chi connectivity index (χ3n) is 8.13. The zero-order valence-corrected chi connectivity index (χ0v) is 29.5. The number of nitrogens with one attached hydrogen (secondary N) is 1. The van der Waals surface area contributed by atoms with Crippen molar-refractivity contribution >= 4 is 41.5 Å². The van der Waals surface area contributed by atoms with Gasteiger partial charge in [-0.25, -0.2) is 4.39 Å². The number of ether oxygens (including phenoxy) is 5. The van der Waals surface area contributed by atoms with Crippen LogP contribution in [0, 0.1) is 5.82 Å². The number of carbonyl (C=O) groups is 2. The Morgan fingerprint density at radius 2 is 1.74 bits per heavy atom. The molecule has 0 spiro atoms. The van der Waals surface area contributed by atoms with Crippen molar-refractivity contribution in [3.63, 3.8) is 0 Å². The van der Waals surface area contributed by atoms with Gasteiger partial charge in [0.2, 0.25) is 5.91 Å². The fourth-order valence-electron chi connectivity index (χ4n) is 5.67. The number of halogens is 3. The van der Waals surface area contributed by atoms with Crippen molar-refractivity contribution in [1.82, 2.24) is 5.32 Å². The van der Waals surface area contributed by atoms with Crippen molar-refractivity contribution in [3.8, 4) is 23.0 Å². The van der Waals surface area contributed by atoms with E-state index in [0.717, 1.165) is 0 Å². The lowest BCUT2D eigenvalue weighted by Crippen LogP contribution is -2.41. The lowest BCUT2D eigenvalue weighted by molar-refractivity contribution is -0.138. The van der Waals surface area contributed by atoms with E-state index in [-0.39, 0.29) is 31.9 Å².